The second-order valence-corrected chi connectivity index (χ2v) is 8.79. The third-order valence-electron chi connectivity index (χ3n) is 5.81. The van der Waals surface area contributed by atoms with Gasteiger partial charge in [-0.05, 0) is 32.9 Å². The molecule has 0 amide bonds. The third kappa shape index (κ3) is 3.39. The number of benzene rings is 1. The van der Waals surface area contributed by atoms with E-state index in [2.05, 4.69) is 9.97 Å². The first kappa shape index (κ1) is 21.1. The van der Waals surface area contributed by atoms with E-state index in [0.29, 0.717) is 21.9 Å². The van der Waals surface area contributed by atoms with Crippen molar-refractivity contribution >= 4 is 28.3 Å². The Hall–Kier alpha value is -2.79. The predicted molar refractivity (Wildman–Crippen MR) is 113 cm³/mol. The summed E-state index contributed by atoms with van der Waals surface area (Å²) in [5.41, 5.74) is -0.262. The van der Waals surface area contributed by atoms with Crippen molar-refractivity contribution in [3.63, 3.8) is 0 Å². The highest BCUT2D eigenvalue weighted by Gasteiger charge is 2.64. The van der Waals surface area contributed by atoms with Crippen LogP contribution < -0.4 is 4.74 Å². The number of nitro benzene ring substituents is 1. The van der Waals surface area contributed by atoms with E-state index < -0.39 is 34.7 Å². The molecule has 0 radical (unpaired) electrons. The maximum Gasteiger partial charge on any atom is 0.273 e. The van der Waals surface area contributed by atoms with Crippen LogP contribution in [0.2, 0.25) is 5.15 Å². The molecule has 11 heteroatoms. The van der Waals surface area contributed by atoms with Gasteiger partial charge >= 0.3 is 0 Å². The predicted octanol–water partition coefficient (Wildman–Crippen LogP) is 3.88. The van der Waals surface area contributed by atoms with E-state index in [1.54, 1.807) is 12.1 Å². The number of aromatic nitrogens is 3. The lowest BCUT2D eigenvalue weighted by molar-refractivity contribution is -0.384. The van der Waals surface area contributed by atoms with Crippen LogP contribution in [0, 0.1) is 10.1 Å². The summed E-state index contributed by atoms with van der Waals surface area (Å²) in [6.45, 7) is 5.72. The summed E-state index contributed by atoms with van der Waals surface area (Å²) in [5, 5.41) is 12.1. The molecule has 0 bridgehead atoms. The number of hydrogen-bond acceptors (Lipinski definition) is 8. The van der Waals surface area contributed by atoms with E-state index in [9.17, 15) is 10.1 Å². The Morgan fingerprint density at radius 1 is 1.28 bits per heavy atom. The number of nitro groups is 1. The van der Waals surface area contributed by atoms with Crippen molar-refractivity contribution in [2.45, 2.75) is 50.6 Å². The molecule has 168 valence electrons. The van der Waals surface area contributed by atoms with E-state index in [4.69, 9.17) is 30.5 Å². The van der Waals surface area contributed by atoms with Crippen LogP contribution in [0.5, 0.6) is 5.75 Å². The van der Waals surface area contributed by atoms with Gasteiger partial charge in [0.25, 0.3) is 5.69 Å². The van der Waals surface area contributed by atoms with Gasteiger partial charge in [0, 0.05) is 12.3 Å². The summed E-state index contributed by atoms with van der Waals surface area (Å²) >= 11 is 6.21. The summed E-state index contributed by atoms with van der Waals surface area (Å²) in [4.78, 5) is 19.0. The Morgan fingerprint density at radius 3 is 2.88 bits per heavy atom. The molecule has 3 aromatic rings. The van der Waals surface area contributed by atoms with Gasteiger partial charge in [-0.3, -0.25) is 10.1 Å². The third-order valence-corrected chi connectivity index (χ3v) is 6.11. The molecule has 0 N–H and O–H groups in total. The minimum Gasteiger partial charge on any atom is -0.491 e. The van der Waals surface area contributed by atoms with Crippen molar-refractivity contribution in [3.8, 4) is 5.75 Å². The van der Waals surface area contributed by atoms with Crippen LogP contribution >= 0.6 is 11.6 Å². The van der Waals surface area contributed by atoms with Crippen LogP contribution in [-0.4, -0.2) is 49.7 Å². The van der Waals surface area contributed by atoms with Crippen LogP contribution in [0.25, 0.3) is 11.0 Å². The molecule has 5 rings (SSSR count). The Kier molecular flexibility index (Phi) is 4.86. The fourth-order valence-electron chi connectivity index (χ4n) is 4.42. The highest BCUT2D eigenvalue weighted by Crippen LogP contribution is 2.50. The maximum atomic E-state index is 11.1. The Bertz CT molecular complexity index is 1200. The average Bonchev–Trinajstić information content (AvgIpc) is 3.34. The molecule has 2 aliphatic rings. The fraction of sp³-hybridized carbons (Fsp3) is 0.429. The average molecular weight is 461 g/mol. The van der Waals surface area contributed by atoms with Crippen molar-refractivity contribution < 1.29 is 23.9 Å². The van der Waals surface area contributed by atoms with Gasteiger partial charge < -0.3 is 23.5 Å². The van der Waals surface area contributed by atoms with Gasteiger partial charge in [0.2, 0.25) is 0 Å². The number of rotatable bonds is 5. The van der Waals surface area contributed by atoms with E-state index in [-0.39, 0.29) is 12.3 Å². The first-order valence-corrected chi connectivity index (χ1v) is 10.4. The highest BCUT2D eigenvalue weighted by molar-refractivity contribution is 6.33. The summed E-state index contributed by atoms with van der Waals surface area (Å²) in [5.74, 6) is -0.462. The number of halogens is 1. The largest absolute Gasteiger partial charge is 0.491 e. The van der Waals surface area contributed by atoms with Crippen molar-refractivity contribution in [3.05, 3.63) is 58.1 Å². The molecule has 10 nitrogen and oxygen atoms in total. The van der Waals surface area contributed by atoms with Crippen molar-refractivity contribution in [2.75, 3.05) is 6.61 Å². The van der Waals surface area contributed by atoms with Gasteiger partial charge in [-0.1, -0.05) is 17.7 Å². The smallest absolute Gasteiger partial charge is 0.273 e. The molecule has 0 saturated carbocycles. The van der Waals surface area contributed by atoms with Gasteiger partial charge in [0.15, 0.2) is 12.0 Å². The van der Waals surface area contributed by atoms with Crippen molar-refractivity contribution in [1.82, 2.24) is 14.5 Å². The zero-order valence-electron chi connectivity index (χ0n) is 17.6. The van der Waals surface area contributed by atoms with E-state index >= 15 is 0 Å². The molecule has 2 aliphatic heterocycles. The quantitative estimate of drug-likeness (QED) is 0.320. The second-order valence-electron chi connectivity index (χ2n) is 8.43. The van der Waals surface area contributed by atoms with Crippen LogP contribution in [0.3, 0.4) is 0 Å². The van der Waals surface area contributed by atoms with Gasteiger partial charge in [-0.15, -0.1) is 0 Å². The van der Waals surface area contributed by atoms with Crippen LogP contribution in [0.1, 0.15) is 27.0 Å². The summed E-state index contributed by atoms with van der Waals surface area (Å²) < 4.78 is 26.6. The zero-order valence-corrected chi connectivity index (χ0v) is 18.4. The number of fused-ring (bicyclic) bond motifs is 2. The Balaban J connectivity index is 1.45. The second kappa shape index (κ2) is 7.38. The molecule has 2 fully saturated rings. The number of non-ortho nitro benzene ring substituents is 1. The first-order chi connectivity index (χ1) is 15.2. The SMILES string of the molecule is CC1(C)O[C@H]2[C@H](n3ccc4c(Cl)ncnc43)O[C@H](COc3cccc([N+](=O)[O-])c3)[C@@]2(C)O1. The van der Waals surface area contributed by atoms with E-state index in [1.807, 2.05) is 37.6 Å². The molecule has 0 aliphatic carbocycles. The summed E-state index contributed by atoms with van der Waals surface area (Å²) in [6.07, 6.45) is 1.70. The van der Waals surface area contributed by atoms with Gasteiger partial charge in [-0.2, -0.15) is 0 Å². The van der Waals surface area contributed by atoms with Crippen LogP contribution in [0.15, 0.2) is 42.9 Å². The lowest BCUT2D eigenvalue weighted by Crippen LogP contribution is -2.46. The number of ether oxygens (including phenoxy) is 4. The topological polar surface area (TPSA) is 111 Å². The molecule has 0 unspecified atom stereocenters. The number of hydrogen-bond donors (Lipinski definition) is 0. The van der Waals surface area contributed by atoms with Crippen LogP contribution in [-0.2, 0) is 14.2 Å². The lowest BCUT2D eigenvalue weighted by atomic mass is 9.95. The molecule has 2 saturated heterocycles. The van der Waals surface area contributed by atoms with Crippen molar-refractivity contribution in [1.29, 1.82) is 0 Å². The molecule has 2 aromatic heterocycles. The summed E-state index contributed by atoms with van der Waals surface area (Å²) in [6, 6.07) is 7.84. The zero-order chi connectivity index (χ0) is 22.7. The van der Waals surface area contributed by atoms with Crippen LogP contribution in [0.4, 0.5) is 5.69 Å². The first-order valence-electron chi connectivity index (χ1n) is 10.1. The van der Waals surface area contributed by atoms with Gasteiger partial charge in [-0.25, -0.2) is 9.97 Å². The molecule has 4 heterocycles. The Labute approximate surface area is 188 Å². The van der Waals surface area contributed by atoms with E-state index in [0.717, 1.165) is 0 Å². The minimum atomic E-state index is -0.833. The minimum absolute atomic E-state index is 0.0474. The molecule has 4 atom stereocenters. The molecule has 0 spiro atoms. The Morgan fingerprint density at radius 2 is 2.09 bits per heavy atom. The molecule has 32 heavy (non-hydrogen) atoms. The fourth-order valence-corrected chi connectivity index (χ4v) is 4.61. The molecule has 1 aromatic carbocycles. The monoisotopic (exact) mass is 460 g/mol. The highest BCUT2D eigenvalue weighted by atomic mass is 35.5. The van der Waals surface area contributed by atoms with Gasteiger partial charge in [0.05, 0.1) is 16.4 Å². The number of nitrogens with zero attached hydrogens (tertiary/aromatic N) is 4. The molecular formula is C21H21ClN4O6. The summed E-state index contributed by atoms with van der Waals surface area (Å²) in [7, 11) is 0. The van der Waals surface area contributed by atoms with E-state index in [1.165, 1.54) is 18.5 Å². The van der Waals surface area contributed by atoms with Crippen molar-refractivity contribution in [2.24, 2.45) is 0 Å². The standard InChI is InChI=1S/C21H21ClN4O6/c1-20(2)31-16-19(25-8-7-14-17(22)23-11-24-18(14)25)30-15(21(16,3)32-20)10-29-13-6-4-5-12(9-13)26(27)28/h4-9,11,15-16,19H,10H2,1-3H3/t15-,16+,19-,21-/m1/s1. The lowest BCUT2D eigenvalue weighted by Gasteiger charge is -2.29. The van der Waals surface area contributed by atoms with Gasteiger partial charge in [0.1, 0.15) is 47.3 Å². The normalized spacial score (nSPS) is 28.7. The molecular weight excluding hydrogens is 440 g/mol. The maximum absolute atomic E-state index is 11.1.